The molecule has 1 amide bonds. The average molecular weight is 434 g/mol. The van der Waals surface area contributed by atoms with Gasteiger partial charge < -0.3 is 14.8 Å². The van der Waals surface area contributed by atoms with E-state index in [1.165, 1.54) is 4.57 Å². The Morgan fingerprint density at radius 2 is 1.78 bits per heavy atom. The van der Waals surface area contributed by atoms with E-state index in [0.29, 0.717) is 17.8 Å². The van der Waals surface area contributed by atoms with E-state index in [0.717, 1.165) is 10.9 Å². The molecule has 166 valence electrons. The number of nitrogens with one attached hydrogen (secondary N) is 1. The molecule has 7 nitrogen and oxygen atoms in total. The first kappa shape index (κ1) is 21.6. The number of carbonyl (C=O) groups excluding carboxylic acids is 3. The minimum absolute atomic E-state index is 0.151. The molecule has 0 bridgehead atoms. The van der Waals surface area contributed by atoms with Gasteiger partial charge in [-0.2, -0.15) is 0 Å². The van der Waals surface area contributed by atoms with Gasteiger partial charge in [0.2, 0.25) is 0 Å². The summed E-state index contributed by atoms with van der Waals surface area (Å²) in [7, 11) is 0. The van der Waals surface area contributed by atoms with Gasteiger partial charge in [-0.3, -0.25) is 9.59 Å². The highest BCUT2D eigenvalue weighted by molar-refractivity contribution is 5.95. The third-order valence-corrected chi connectivity index (χ3v) is 5.27. The highest BCUT2D eigenvalue weighted by Crippen LogP contribution is 2.35. The summed E-state index contributed by atoms with van der Waals surface area (Å²) in [6, 6.07) is 18.6. The second kappa shape index (κ2) is 8.49. The van der Waals surface area contributed by atoms with Crippen LogP contribution in [0.15, 0.2) is 60.7 Å². The van der Waals surface area contributed by atoms with Gasteiger partial charge in [-0.05, 0) is 38.5 Å². The zero-order valence-corrected chi connectivity index (χ0v) is 18.3. The molecule has 2 atom stereocenters. The van der Waals surface area contributed by atoms with Crippen molar-refractivity contribution in [3.8, 4) is 0 Å². The maximum absolute atomic E-state index is 13.0. The van der Waals surface area contributed by atoms with Gasteiger partial charge in [0, 0.05) is 24.0 Å². The molecule has 32 heavy (non-hydrogen) atoms. The summed E-state index contributed by atoms with van der Waals surface area (Å²) >= 11 is 0. The van der Waals surface area contributed by atoms with Crippen LogP contribution in [0.2, 0.25) is 0 Å². The standard InChI is InChI=1S/C25H26N2O5/c1-25(2,3)32-24(30)27-19-12-8-7-11-17(19)13-20(27)18-14-21(31-23(18)29)22(28)26-15-16-9-5-4-6-10-16/h4-13,18,21H,14-15H2,1-3H3,(H,26,28)/t18-,21-/m1/s1. The predicted octanol–water partition coefficient (Wildman–Crippen LogP) is 4.14. The van der Waals surface area contributed by atoms with Crippen LogP contribution in [0.25, 0.3) is 10.9 Å². The van der Waals surface area contributed by atoms with Crippen molar-refractivity contribution in [2.45, 2.75) is 51.4 Å². The minimum Gasteiger partial charge on any atom is -0.452 e. The van der Waals surface area contributed by atoms with Crippen LogP contribution in [0.4, 0.5) is 4.79 Å². The van der Waals surface area contributed by atoms with E-state index in [1.54, 1.807) is 32.9 Å². The van der Waals surface area contributed by atoms with Gasteiger partial charge >= 0.3 is 12.1 Å². The summed E-state index contributed by atoms with van der Waals surface area (Å²) in [5.74, 6) is -1.63. The summed E-state index contributed by atoms with van der Waals surface area (Å²) in [5, 5.41) is 3.62. The lowest BCUT2D eigenvalue weighted by molar-refractivity contribution is -0.148. The van der Waals surface area contributed by atoms with Gasteiger partial charge in [0.1, 0.15) is 11.5 Å². The van der Waals surface area contributed by atoms with Crippen molar-refractivity contribution in [2.75, 3.05) is 0 Å². The number of esters is 1. The lowest BCUT2D eigenvalue weighted by Crippen LogP contribution is -2.34. The molecule has 0 unspecified atom stereocenters. The van der Waals surface area contributed by atoms with E-state index in [2.05, 4.69) is 5.32 Å². The fourth-order valence-corrected chi connectivity index (χ4v) is 3.83. The van der Waals surface area contributed by atoms with Crippen LogP contribution in [0, 0.1) is 0 Å². The molecule has 7 heteroatoms. The zero-order valence-electron chi connectivity index (χ0n) is 18.3. The van der Waals surface area contributed by atoms with Crippen LogP contribution in [0.3, 0.4) is 0 Å². The van der Waals surface area contributed by atoms with Crippen LogP contribution >= 0.6 is 0 Å². The lowest BCUT2D eigenvalue weighted by atomic mass is 10.0. The van der Waals surface area contributed by atoms with Crippen molar-refractivity contribution in [3.63, 3.8) is 0 Å². The Morgan fingerprint density at radius 1 is 1.09 bits per heavy atom. The normalized spacial score (nSPS) is 18.4. The summed E-state index contributed by atoms with van der Waals surface area (Å²) in [6.07, 6.45) is -1.33. The number of hydrogen-bond donors (Lipinski definition) is 1. The summed E-state index contributed by atoms with van der Waals surface area (Å²) in [4.78, 5) is 38.4. The third-order valence-electron chi connectivity index (χ3n) is 5.27. The second-order valence-electron chi connectivity index (χ2n) is 8.86. The maximum atomic E-state index is 13.0. The number of para-hydroxylation sites is 1. The lowest BCUT2D eigenvalue weighted by Gasteiger charge is -2.21. The number of fused-ring (bicyclic) bond motifs is 1. The van der Waals surface area contributed by atoms with Gasteiger partial charge in [0.05, 0.1) is 5.52 Å². The number of ether oxygens (including phenoxy) is 2. The zero-order chi connectivity index (χ0) is 22.9. The highest BCUT2D eigenvalue weighted by atomic mass is 16.6. The predicted molar refractivity (Wildman–Crippen MR) is 119 cm³/mol. The van der Waals surface area contributed by atoms with Crippen molar-refractivity contribution >= 4 is 28.9 Å². The monoisotopic (exact) mass is 434 g/mol. The molecule has 1 fully saturated rings. The molecule has 1 aliphatic rings. The maximum Gasteiger partial charge on any atom is 0.419 e. The number of carbonyl (C=O) groups is 3. The van der Waals surface area contributed by atoms with Crippen LogP contribution in [-0.2, 0) is 25.6 Å². The Kier molecular flexibility index (Phi) is 5.74. The van der Waals surface area contributed by atoms with Gasteiger partial charge in [0.25, 0.3) is 5.91 Å². The summed E-state index contributed by atoms with van der Waals surface area (Å²) in [6.45, 7) is 5.70. The molecule has 0 radical (unpaired) electrons. The molecule has 4 rings (SSSR count). The molecule has 1 aliphatic heterocycles. The van der Waals surface area contributed by atoms with E-state index in [-0.39, 0.29) is 12.3 Å². The van der Waals surface area contributed by atoms with E-state index < -0.39 is 29.7 Å². The Balaban J connectivity index is 1.57. The molecular weight excluding hydrogens is 408 g/mol. The number of hydrogen-bond acceptors (Lipinski definition) is 5. The van der Waals surface area contributed by atoms with Crippen LogP contribution < -0.4 is 5.32 Å². The van der Waals surface area contributed by atoms with Gasteiger partial charge in [-0.15, -0.1) is 0 Å². The summed E-state index contributed by atoms with van der Waals surface area (Å²) < 4.78 is 12.4. The molecule has 0 spiro atoms. The smallest absolute Gasteiger partial charge is 0.419 e. The van der Waals surface area contributed by atoms with E-state index in [4.69, 9.17) is 9.47 Å². The fraction of sp³-hybridized carbons (Fsp3) is 0.320. The van der Waals surface area contributed by atoms with Crippen molar-refractivity contribution in [1.29, 1.82) is 0 Å². The van der Waals surface area contributed by atoms with E-state index in [9.17, 15) is 14.4 Å². The highest BCUT2D eigenvalue weighted by Gasteiger charge is 2.42. The molecule has 3 aromatic rings. The second-order valence-corrected chi connectivity index (χ2v) is 8.86. The molecule has 0 aliphatic carbocycles. The molecule has 2 heterocycles. The van der Waals surface area contributed by atoms with Gasteiger partial charge in [0.15, 0.2) is 6.10 Å². The molecular formula is C25H26N2O5. The number of amides is 1. The van der Waals surface area contributed by atoms with Gasteiger partial charge in [-0.25, -0.2) is 9.36 Å². The van der Waals surface area contributed by atoms with Crippen molar-refractivity contribution in [3.05, 3.63) is 71.9 Å². The minimum atomic E-state index is -0.915. The SMILES string of the molecule is CC(C)(C)OC(=O)n1c([C@H]2C[C@H](C(=O)NCc3ccccc3)OC2=O)cc2ccccc21. The first-order chi connectivity index (χ1) is 15.2. The molecule has 1 aromatic heterocycles. The van der Waals surface area contributed by atoms with Crippen LogP contribution in [0.1, 0.15) is 44.4 Å². The number of benzene rings is 2. The Morgan fingerprint density at radius 3 is 2.50 bits per heavy atom. The van der Waals surface area contributed by atoms with E-state index >= 15 is 0 Å². The largest absolute Gasteiger partial charge is 0.452 e. The number of cyclic esters (lactones) is 1. The third kappa shape index (κ3) is 4.51. The first-order valence-corrected chi connectivity index (χ1v) is 10.6. The van der Waals surface area contributed by atoms with Crippen molar-refractivity contribution in [2.24, 2.45) is 0 Å². The Bertz CT molecular complexity index is 1160. The van der Waals surface area contributed by atoms with Crippen LogP contribution in [0.5, 0.6) is 0 Å². The fourth-order valence-electron chi connectivity index (χ4n) is 3.83. The molecule has 0 saturated carbocycles. The first-order valence-electron chi connectivity index (χ1n) is 10.6. The number of aromatic nitrogens is 1. The topological polar surface area (TPSA) is 86.6 Å². The Labute approximate surface area is 186 Å². The molecule has 1 N–H and O–H groups in total. The number of rotatable bonds is 4. The van der Waals surface area contributed by atoms with Crippen molar-refractivity contribution in [1.82, 2.24) is 9.88 Å². The van der Waals surface area contributed by atoms with Crippen LogP contribution in [-0.4, -0.2) is 34.2 Å². The molecule has 1 saturated heterocycles. The number of nitrogens with zero attached hydrogens (tertiary/aromatic N) is 1. The van der Waals surface area contributed by atoms with Gasteiger partial charge in [-0.1, -0.05) is 48.5 Å². The quantitative estimate of drug-likeness (QED) is 0.624. The van der Waals surface area contributed by atoms with E-state index in [1.807, 2.05) is 48.5 Å². The summed E-state index contributed by atoms with van der Waals surface area (Å²) in [5.41, 5.74) is 1.35. The van der Waals surface area contributed by atoms with Crippen molar-refractivity contribution < 1.29 is 23.9 Å². The Hall–Kier alpha value is -3.61. The average Bonchev–Trinajstić information content (AvgIpc) is 3.32. The molecule has 2 aromatic carbocycles.